The van der Waals surface area contributed by atoms with E-state index in [-0.39, 0.29) is 5.60 Å². The summed E-state index contributed by atoms with van der Waals surface area (Å²) in [5.41, 5.74) is 2.03. The van der Waals surface area contributed by atoms with Crippen molar-refractivity contribution in [1.82, 2.24) is 9.78 Å². The third-order valence-corrected chi connectivity index (χ3v) is 4.67. The van der Waals surface area contributed by atoms with Crippen LogP contribution in [0.15, 0.2) is 12.3 Å². The van der Waals surface area contributed by atoms with Gasteiger partial charge in [-0.3, -0.25) is 4.68 Å². The molecule has 4 rings (SSSR count). The molecule has 0 radical (unpaired) electrons. The average Bonchev–Trinajstić information content (AvgIpc) is 3.10. The van der Waals surface area contributed by atoms with E-state index < -0.39 is 0 Å². The standard InChI is InChI=1S/C12H16N2O/c1-14-9(2-7-13-14)12-6-5-11(3-4-11)8-10(12)15-12/h2,7,10H,3-6,8H2,1H3/t10-,12-/m1/s1. The molecule has 15 heavy (non-hydrogen) atoms. The lowest BCUT2D eigenvalue weighted by Crippen LogP contribution is -2.25. The fourth-order valence-corrected chi connectivity index (χ4v) is 3.37. The summed E-state index contributed by atoms with van der Waals surface area (Å²) in [4.78, 5) is 0. The number of ether oxygens (including phenoxy) is 1. The monoisotopic (exact) mass is 204 g/mol. The summed E-state index contributed by atoms with van der Waals surface area (Å²) in [6.07, 6.45) is 9.10. The van der Waals surface area contributed by atoms with Gasteiger partial charge in [0.25, 0.3) is 0 Å². The van der Waals surface area contributed by atoms with Gasteiger partial charge >= 0.3 is 0 Å². The van der Waals surface area contributed by atoms with Gasteiger partial charge < -0.3 is 4.74 Å². The topological polar surface area (TPSA) is 30.4 Å². The molecule has 0 unspecified atom stereocenters. The van der Waals surface area contributed by atoms with Crippen molar-refractivity contribution in [1.29, 1.82) is 0 Å². The first kappa shape index (κ1) is 8.34. The van der Waals surface area contributed by atoms with Crippen molar-refractivity contribution in [2.24, 2.45) is 12.5 Å². The minimum Gasteiger partial charge on any atom is -0.359 e. The van der Waals surface area contributed by atoms with E-state index in [1.54, 1.807) is 0 Å². The predicted octanol–water partition coefficient (Wildman–Crippen LogP) is 1.98. The Morgan fingerprint density at radius 1 is 1.40 bits per heavy atom. The van der Waals surface area contributed by atoms with Gasteiger partial charge in [0, 0.05) is 13.2 Å². The van der Waals surface area contributed by atoms with Crippen molar-refractivity contribution in [3.05, 3.63) is 18.0 Å². The van der Waals surface area contributed by atoms with Gasteiger partial charge in [-0.2, -0.15) is 5.10 Å². The molecule has 3 nitrogen and oxygen atoms in total. The maximum absolute atomic E-state index is 6.01. The Balaban J connectivity index is 1.67. The van der Waals surface area contributed by atoms with Gasteiger partial charge in [-0.05, 0) is 43.6 Å². The van der Waals surface area contributed by atoms with Crippen LogP contribution in [0, 0.1) is 5.41 Å². The summed E-state index contributed by atoms with van der Waals surface area (Å²) >= 11 is 0. The Morgan fingerprint density at radius 2 is 2.20 bits per heavy atom. The molecule has 80 valence electrons. The second-order valence-electron chi connectivity index (χ2n) is 5.54. The van der Waals surface area contributed by atoms with Crippen LogP contribution in [-0.4, -0.2) is 15.9 Å². The van der Waals surface area contributed by atoms with Crippen LogP contribution in [0.4, 0.5) is 0 Å². The SMILES string of the molecule is Cn1nccc1[C@]12CCC3(CC3)C[C@H]1O2. The summed E-state index contributed by atoms with van der Waals surface area (Å²) in [5.74, 6) is 0. The highest BCUT2D eigenvalue weighted by molar-refractivity contribution is 5.26. The number of rotatable bonds is 1. The summed E-state index contributed by atoms with van der Waals surface area (Å²) < 4.78 is 7.98. The maximum atomic E-state index is 6.01. The Kier molecular flexibility index (Phi) is 1.27. The molecule has 0 amide bonds. The minimum absolute atomic E-state index is 0.0547. The third-order valence-electron chi connectivity index (χ3n) is 4.67. The van der Waals surface area contributed by atoms with Crippen molar-refractivity contribution in [2.75, 3.05) is 0 Å². The molecule has 2 aliphatic carbocycles. The second kappa shape index (κ2) is 2.29. The molecule has 3 fully saturated rings. The first-order valence-electron chi connectivity index (χ1n) is 5.91. The molecule has 3 aliphatic rings. The average molecular weight is 204 g/mol. The van der Waals surface area contributed by atoms with Crippen molar-refractivity contribution in [2.45, 2.75) is 43.8 Å². The van der Waals surface area contributed by atoms with Crippen LogP contribution in [0.25, 0.3) is 0 Å². The zero-order chi connectivity index (χ0) is 10.1. The normalized spacial score (nSPS) is 40.2. The van der Waals surface area contributed by atoms with Gasteiger partial charge in [0.15, 0.2) is 0 Å². The molecule has 1 saturated heterocycles. The highest BCUT2D eigenvalue weighted by Gasteiger charge is 2.66. The Morgan fingerprint density at radius 3 is 2.80 bits per heavy atom. The van der Waals surface area contributed by atoms with Crippen LogP contribution in [0.5, 0.6) is 0 Å². The fraction of sp³-hybridized carbons (Fsp3) is 0.750. The first-order chi connectivity index (χ1) is 7.24. The zero-order valence-corrected chi connectivity index (χ0v) is 9.07. The lowest BCUT2D eigenvalue weighted by molar-refractivity contribution is 0.268. The summed E-state index contributed by atoms with van der Waals surface area (Å²) in [6, 6.07) is 2.12. The van der Waals surface area contributed by atoms with Gasteiger partial charge in [-0.25, -0.2) is 0 Å². The molecule has 0 bridgehead atoms. The molecule has 2 atom stereocenters. The van der Waals surface area contributed by atoms with Gasteiger partial charge in [0.2, 0.25) is 0 Å². The number of aromatic nitrogens is 2. The van der Waals surface area contributed by atoms with Crippen LogP contribution in [0.1, 0.15) is 37.8 Å². The van der Waals surface area contributed by atoms with Crippen LogP contribution in [0.3, 0.4) is 0 Å². The van der Waals surface area contributed by atoms with E-state index in [0.717, 1.165) is 0 Å². The molecule has 0 N–H and O–H groups in total. The molecular weight excluding hydrogens is 188 g/mol. The smallest absolute Gasteiger partial charge is 0.136 e. The molecule has 1 aromatic heterocycles. The van der Waals surface area contributed by atoms with E-state index in [4.69, 9.17) is 4.74 Å². The quantitative estimate of drug-likeness (QED) is 0.655. The summed E-state index contributed by atoms with van der Waals surface area (Å²) in [5, 5.41) is 4.25. The number of nitrogens with zero attached hydrogens (tertiary/aromatic N) is 2. The Hall–Kier alpha value is -0.830. The van der Waals surface area contributed by atoms with E-state index in [2.05, 4.69) is 11.2 Å². The van der Waals surface area contributed by atoms with E-state index in [1.165, 1.54) is 37.8 Å². The van der Waals surface area contributed by atoms with Crippen molar-refractivity contribution >= 4 is 0 Å². The molecule has 1 aliphatic heterocycles. The van der Waals surface area contributed by atoms with E-state index in [0.29, 0.717) is 11.5 Å². The van der Waals surface area contributed by atoms with E-state index in [9.17, 15) is 0 Å². The molecule has 1 spiro atoms. The number of hydrogen-bond acceptors (Lipinski definition) is 2. The van der Waals surface area contributed by atoms with Crippen LogP contribution in [-0.2, 0) is 17.4 Å². The summed E-state index contributed by atoms with van der Waals surface area (Å²) in [7, 11) is 2.02. The Bertz CT molecular complexity index is 421. The number of fused-ring (bicyclic) bond motifs is 1. The minimum atomic E-state index is 0.0547. The van der Waals surface area contributed by atoms with E-state index >= 15 is 0 Å². The Labute approximate surface area is 89.4 Å². The molecule has 3 heteroatoms. The zero-order valence-electron chi connectivity index (χ0n) is 9.07. The van der Waals surface area contributed by atoms with Crippen molar-refractivity contribution in [3.63, 3.8) is 0 Å². The highest BCUT2D eigenvalue weighted by atomic mass is 16.6. The molecule has 1 aromatic rings. The summed E-state index contributed by atoms with van der Waals surface area (Å²) in [6.45, 7) is 0. The van der Waals surface area contributed by atoms with Gasteiger partial charge in [-0.15, -0.1) is 0 Å². The van der Waals surface area contributed by atoms with Gasteiger partial charge in [-0.1, -0.05) is 0 Å². The van der Waals surface area contributed by atoms with Gasteiger partial charge in [0.05, 0.1) is 11.8 Å². The lowest BCUT2D eigenvalue weighted by atomic mass is 9.78. The van der Waals surface area contributed by atoms with Crippen LogP contribution in [0.2, 0.25) is 0 Å². The fourth-order valence-electron chi connectivity index (χ4n) is 3.37. The highest BCUT2D eigenvalue weighted by Crippen LogP contribution is 2.67. The van der Waals surface area contributed by atoms with Crippen molar-refractivity contribution in [3.8, 4) is 0 Å². The number of hydrogen-bond donors (Lipinski definition) is 0. The molecule has 2 heterocycles. The third kappa shape index (κ3) is 0.969. The molecule has 2 saturated carbocycles. The number of aryl methyl sites for hydroxylation is 1. The predicted molar refractivity (Wildman–Crippen MR) is 55.3 cm³/mol. The van der Waals surface area contributed by atoms with Crippen LogP contribution < -0.4 is 0 Å². The maximum Gasteiger partial charge on any atom is 0.136 e. The lowest BCUT2D eigenvalue weighted by Gasteiger charge is -2.24. The number of epoxide rings is 1. The molecular formula is C12H16N2O. The largest absolute Gasteiger partial charge is 0.359 e. The first-order valence-corrected chi connectivity index (χ1v) is 5.91. The van der Waals surface area contributed by atoms with Gasteiger partial charge in [0.1, 0.15) is 5.60 Å². The van der Waals surface area contributed by atoms with Crippen molar-refractivity contribution < 1.29 is 4.74 Å². The van der Waals surface area contributed by atoms with E-state index in [1.807, 2.05) is 17.9 Å². The van der Waals surface area contributed by atoms with Crippen LogP contribution >= 0.6 is 0 Å². The molecule has 0 aromatic carbocycles. The second-order valence-corrected chi connectivity index (χ2v) is 5.54.